The van der Waals surface area contributed by atoms with Crippen LogP contribution in [0.15, 0.2) is 30.3 Å². The van der Waals surface area contributed by atoms with Crippen LogP contribution < -0.4 is 5.73 Å². The third-order valence-corrected chi connectivity index (χ3v) is 2.59. The van der Waals surface area contributed by atoms with Gasteiger partial charge in [-0.2, -0.15) is 0 Å². The number of rotatable bonds is 0. The highest BCUT2D eigenvalue weighted by molar-refractivity contribution is 6.30. The highest BCUT2D eigenvalue weighted by Gasteiger charge is 2.16. The maximum Gasteiger partial charge on any atom is 0.149 e. The summed E-state index contributed by atoms with van der Waals surface area (Å²) in [5.74, 6) is 0.247. The lowest BCUT2D eigenvalue weighted by Gasteiger charge is -2.14. The van der Waals surface area contributed by atoms with Crippen LogP contribution in [0.25, 0.3) is 0 Å². The summed E-state index contributed by atoms with van der Waals surface area (Å²) in [7, 11) is 0. The molecule has 1 aromatic rings. The summed E-state index contributed by atoms with van der Waals surface area (Å²) in [6.45, 7) is 0. The summed E-state index contributed by atoms with van der Waals surface area (Å²) < 4.78 is 0. The minimum absolute atomic E-state index is 0.135. The fraction of sp³-hybridized carbons (Fsp3) is 0.417. The first-order chi connectivity index (χ1) is 7.20. The molecular formula is C12H16ClNO. The molecule has 0 bridgehead atoms. The summed E-state index contributed by atoms with van der Waals surface area (Å²) in [6, 6.07) is 9.31. The van der Waals surface area contributed by atoms with Crippen molar-refractivity contribution in [3.8, 4) is 0 Å². The molecule has 1 aliphatic rings. The van der Waals surface area contributed by atoms with E-state index in [9.17, 15) is 4.79 Å². The SMILES string of the molecule is Clc1ccccc1.NC1CCCCC1=O. The second kappa shape index (κ2) is 6.59. The molecule has 0 heterocycles. The van der Waals surface area contributed by atoms with Gasteiger partial charge in [0.25, 0.3) is 0 Å². The number of nitrogens with two attached hydrogens (primary N) is 1. The fourth-order valence-electron chi connectivity index (χ4n) is 1.42. The summed E-state index contributed by atoms with van der Waals surface area (Å²) in [6.07, 6.45) is 3.79. The second-order valence-corrected chi connectivity index (χ2v) is 4.05. The average Bonchev–Trinajstić information content (AvgIpc) is 2.25. The molecule has 0 saturated heterocycles. The third-order valence-electron chi connectivity index (χ3n) is 2.33. The van der Waals surface area contributed by atoms with Gasteiger partial charge >= 0.3 is 0 Å². The zero-order valence-corrected chi connectivity index (χ0v) is 9.41. The van der Waals surface area contributed by atoms with Gasteiger partial charge in [-0.05, 0) is 25.0 Å². The van der Waals surface area contributed by atoms with Gasteiger partial charge in [0.15, 0.2) is 0 Å². The highest BCUT2D eigenvalue weighted by Crippen LogP contribution is 2.11. The number of carbonyl (C=O) groups excluding carboxylic acids is 1. The van der Waals surface area contributed by atoms with Crippen LogP contribution in [-0.4, -0.2) is 11.8 Å². The predicted molar refractivity (Wildman–Crippen MR) is 62.9 cm³/mol. The fourth-order valence-corrected chi connectivity index (χ4v) is 1.57. The van der Waals surface area contributed by atoms with Gasteiger partial charge in [-0.1, -0.05) is 36.2 Å². The molecule has 0 amide bonds. The number of ketones is 1. The third kappa shape index (κ3) is 4.96. The number of halogens is 1. The van der Waals surface area contributed by atoms with Gasteiger partial charge < -0.3 is 5.73 Å². The van der Waals surface area contributed by atoms with Crippen LogP contribution >= 0.6 is 11.6 Å². The van der Waals surface area contributed by atoms with E-state index in [1.807, 2.05) is 30.3 Å². The van der Waals surface area contributed by atoms with Gasteiger partial charge in [-0.25, -0.2) is 0 Å². The molecule has 1 unspecified atom stereocenters. The van der Waals surface area contributed by atoms with E-state index in [-0.39, 0.29) is 11.8 Å². The summed E-state index contributed by atoms with van der Waals surface area (Å²) >= 11 is 5.54. The van der Waals surface area contributed by atoms with Crippen LogP contribution in [0.2, 0.25) is 5.02 Å². The van der Waals surface area contributed by atoms with Crippen LogP contribution in [0.5, 0.6) is 0 Å². The van der Waals surface area contributed by atoms with E-state index in [1.54, 1.807) is 0 Å². The molecule has 3 heteroatoms. The van der Waals surface area contributed by atoms with Crippen molar-refractivity contribution in [3.63, 3.8) is 0 Å². The van der Waals surface area contributed by atoms with Gasteiger partial charge in [-0.3, -0.25) is 4.79 Å². The predicted octanol–water partition coefficient (Wildman–Crippen LogP) is 2.80. The van der Waals surface area contributed by atoms with Crippen molar-refractivity contribution in [2.45, 2.75) is 31.7 Å². The van der Waals surface area contributed by atoms with Gasteiger partial charge in [0.2, 0.25) is 0 Å². The van der Waals surface area contributed by atoms with Gasteiger partial charge in [0, 0.05) is 11.4 Å². The first-order valence-electron chi connectivity index (χ1n) is 5.19. The average molecular weight is 226 g/mol. The maximum absolute atomic E-state index is 10.7. The summed E-state index contributed by atoms with van der Waals surface area (Å²) in [5.41, 5.74) is 5.43. The Morgan fingerprint density at radius 1 is 1.20 bits per heavy atom. The van der Waals surface area contributed by atoms with E-state index in [0.717, 1.165) is 24.3 Å². The van der Waals surface area contributed by atoms with Gasteiger partial charge in [0.05, 0.1) is 6.04 Å². The van der Waals surface area contributed by atoms with Gasteiger partial charge in [0.1, 0.15) is 5.78 Å². The molecule has 1 atom stereocenters. The molecule has 2 nitrogen and oxygen atoms in total. The number of benzene rings is 1. The molecule has 15 heavy (non-hydrogen) atoms. The van der Waals surface area contributed by atoms with E-state index in [0.29, 0.717) is 6.42 Å². The molecule has 2 rings (SSSR count). The Hall–Kier alpha value is -0.860. The van der Waals surface area contributed by atoms with Crippen LogP contribution in [0.3, 0.4) is 0 Å². The lowest BCUT2D eigenvalue weighted by Crippen LogP contribution is -2.32. The molecule has 0 aromatic heterocycles. The number of Topliss-reactive ketones (excluding diaryl/α,β-unsaturated/α-hetero) is 1. The van der Waals surface area contributed by atoms with Gasteiger partial charge in [-0.15, -0.1) is 0 Å². The monoisotopic (exact) mass is 225 g/mol. The van der Waals surface area contributed by atoms with Crippen LogP contribution in [0.1, 0.15) is 25.7 Å². The first kappa shape index (κ1) is 12.2. The van der Waals surface area contributed by atoms with E-state index in [1.165, 1.54) is 0 Å². The molecule has 82 valence electrons. The van der Waals surface area contributed by atoms with Crippen molar-refractivity contribution in [2.24, 2.45) is 5.73 Å². The van der Waals surface area contributed by atoms with Crippen molar-refractivity contribution < 1.29 is 4.79 Å². The second-order valence-electron chi connectivity index (χ2n) is 3.61. The van der Waals surface area contributed by atoms with Crippen LogP contribution in [0.4, 0.5) is 0 Å². The Morgan fingerprint density at radius 3 is 2.20 bits per heavy atom. The molecule has 1 aliphatic carbocycles. The van der Waals surface area contributed by atoms with Crippen molar-refractivity contribution in [3.05, 3.63) is 35.4 Å². The lowest BCUT2D eigenvalue weighted by atomic mass is 9.95. The quantitative estimate of drug-likeness (QED) is 0.738. The Balaban J connectivity index is 0.000000151. The molecular weight excluding hydrogens is 210 g/mol. The molecule has 0 aliphatic heterocycles. The Kier molecular flexibility index (Phi) is 5.37. The van der Waals surface area contributed by atoms with E-state index in [4.69, 9.17) is 17.3 Å². The summed E-state index contributed by atoms with van der Waals surface area (Å²) in [4.78, 5) is 10.7. The van der Waals surface area contributed by atoms with Crippen LogP contribution in [0, 0.1) is 0 Å². The molecule has 1 aromatic carbocycles. The minimum Gasteiger partial charge on any atom is -0.322 e. The molecule has 0 radical (unpaired) electrons. The lowest BCUT2D eigenvalue weighted by molar-refractivity contribution is -0.121. The standard InChI is InChI=1S/C6H5Cl.C6H11NO/c7-6-4-2-1-3-5-6;7-5-3-1-2-4-6(5)8/h1-5H;5H,1-4,7H2. The normalized spacial score (nSPS) is 20.4. The number of carbonyl (C=O) groups is 1. The largest absolute Gasteiger partial charge is 0.322 e. The molecule has 1 fully saturated rings. The van der Waals surface area contributed by atoms with E-state index < -0.39 is 0 Å². The molecule has 1 saturated carbocycles. The van der Waals surface area contributed by atoms with Crippen molar-refractivity contribution >= 4 is 17.4 Å². The zero-order valence-electron chi connectivity index (χ0n) is 8.66. The Labute approximate surface area is 95.4 Å². The van der Waals surface area contributed by atoms with E-state index in [2.05, 4.69) is 0 Å². The summed E-state index contributed by atoms with van der Waals surface area (Å²) in [5, 5.41) is 0.794. The Bertz CT molecular complexity index is 300. The smallest absolute Gasteiger partial charge is 0.149 e. The highest BCUT2D eigenvalue weighted by atomic mass is 35.5. The van der Waals surface area contributed by atoms with Crippen molar-refractivity contribution in [2.75, 3.05) is 0 Å². The van der Waals surface area contributed by atoms with Crippen LogP contribution in [-0.2, 0) is 4.79 Å². The van der Waals surface area contributed by atoms with E-state index >= 15 is 0 Å². The minimum atomic E-state index is -0.135. The molecule has 2 N–H and O–H groups in total. The number of hydrogen-bond acceptors (Lipinski definition) is 2. The van der Waals surface area contributed by atoms with Crippen molar-refractivity contribution in [1.82, 2.24) is 0 Å². The maximum atomic E-state index is 10.7. The first-order valence-corrected chi connectivity index (χ1v) is 5.57. The zero-order chi connectivity index (χ0) is 11.1. The van der Waals surface area contributed by atoms with Crippen molar-refractivity contribution in [1.29, 1.82) is 0 Å². The number of hydrogen-bond donors (Lipinski definition) is 1. The molecule has 0 spiro atoms. The topological polar surface area (TPSA) is 43.1 Å². The Morgan fingerprint density at radius 2 is 1.87 bits per heavy atom.